The van der Waals surface area contributed by atoms with Gasteiger partial charge in [-0.15, -0.1) is 0 Å². The number of carbonyl (C=O) groups excluding carboxylic acids is 2. The number of nitrogens with zero attached hydrogens (tertiary/aromatic N) is 6. The lowest BCUT2D eigenvalue weighted by molar-refractivity contribution is -0.121. The third-order valence-corrected chi connectivity index (χ3v) is 13.8. The highest BCUT2D eigenvalue weighted by Crippen LogP contribution is 2.33. The van der Waals surface area contributed by atoms with Gasteiger partial charge in [0.15, 0.2) is 0 Å². The number of nitrogens with one attached hydrogen (secondary N) is 3. The average molecular weight is 984 g/mol. The molecule has 0 saturated carbocycles. The van der Waals surface area contributed by atoms with Gasteiger partial charge < -0.3 is 40.0 Å². The minimum atomic E-state index is -0.445. The predicted molar refractivity (Wildman–Crippen MR) is 261 cm³/mol. The van der Waals surface area contributed by atoms with E-state index in [1.165, 1.54) is 34.9 Å². The van der Waals surface area contributed by atoms with Crippen LogP contribution >= 0.6 is 31.9 Å². The molecule has 63 heavy (non-hydrogen) atoms. The normalized spacial score (nSPS) is 18.4. The van der Waals surface area contributed by atoms with Gasteiger partial charge in [-0.2, -0.15) is 0 Å². The van der Waals surface area contributed by atoms with Crippen molar-refractivity contribution in [1.29, 1.82) is 0 Å². The summed E-state index contributed by atoms with van der Waals surface area (Å²) in [4.78, 5) is 34.5. The van der Waals surface area contributed by atoms with Gasteiger partial charge in [0.05, 0.1) is 12.6 Å². The molecule has 3 saturated heterocycles. The van der Waals surface area contributed by atoms with Gasteiger partial charge in [-0.1, -0.05) is 50.4 Å². The molecular formula is C49H61Br2N9O3. The van der Waals surface area contributed by atoms with Gasteiger partial charge in [0, 0.05) is 125 Å². The lowest BCUT2D eigenvalue weighted by Gasteiger charge is -2.35. The van der Waals surface area contributed by atoms with Gasteiger partial charge in [-0.3, -0.25) is 14.5 Å². The van der Waals surface area contributed by atoms with Crippen molar-refractivity contribution in [1.82, 2.24) is 39.9 Å². The Labute approximate surface area is 387 Å². The Balaban J connectivity index is 0.000000238. The Bertz CT molecular complexity index is 2390. The number of benzene rings is 3. The minimum absolute atomic E-state index is 0.0301. The number of amides is 2. The van der Waals surface area contributed by atoms with E-state index in [0.29, 0.717) is 44.8 Å². The first-order valence-electron chi connectivity index (χ1n) is 22.6. The van der Waals surface area contributed by atoms with Crippen LogP contribution in [0.5, 0.6) is 0 Å². The molecule has 334 valence electrons. The number of aromatic nitrogens is 3. The van der Waals surface area contributed by atoms with Crippen molar-refractivity contribution < 1.29 is 14.7 Å². The highest BCUT2D eigenvalue weighted by Gasteiger charge is 2.32. The third-order valence-electron chi connectivity index (χ3n) is 12.8. The Morgan fingerprint density at radius 3 is 2.22 bits per heavy atom. The molecule has 0 aliphatic carbocycles. The molecule has 9 rings (SSSR count). The summed E-state index contributed by atoms with van der Waals surface area (Å²) in [6.45, 7) is 12.3. The highest BCUT2D eigenvalue weighted by molar-refractivity contribution is 9.10. The fourth-order valence-corrected chi connectivity index (χ4v) is 10.3. The van der Waals surface area contributed by atoms with Crippen LogP contribution in [0.25, 0.3) is 32.8 Å². The van der Waals surface area contributed by atoms with Crippen molar-refractivity contribution in [3.05, 3.63) is 105 Å². The zero-order valence-electron chi connectivity index (χ0n) is 36.3. The lowest BCUT2D eigenvalue weighted by Crippen LogP contribution is -2.51. The molecule has 6 aromatic rings. The average Bonchev–Trinajstić information content (AvgIpc) is 3.93. The van der Waals surface area contributed by atoms with Crippen molar-refractivity contribution in [3.63, 3.8) is 0 Å². The number of aryl methyl sites for hydroxylation is 1. The van der Waals surface area contributed by atoms with E-state index < -0.39 is 6.10 Å². The summed E-state index contributed by atoms with van der Waals surface area (Å²) in [5.41, 5.74) is 6.86. The maximum Gasteiger partial charge on any atom is 0.239 e. The van der Waals surface area contributed by atoms with Crippen LogP contribution in [0.15, 0.2) is 94.1 Å². The molecule has 2 amide bonds. The van der Waals surface area contributed by atoms with Crippen LogP contribution in [0.3, 0.4) is 0 Å². The third kappa shape index (κ3) is 11.9. The number of fused-ring (bicyclic) bond motifs is 6. The molecule has 3 aromatic heterocycles. The van der Waals surface area contributed by atoms with Gasteiger partial charge in [0.25, 0.3) is 0 Å². The number of hydrogen-bond acceptors (Lipinski definition) is 8. The summed E-state index contributed by atoms with van der Waals surface area (Å²) >= 11 is 7.23. The monoisotopic (exact) mass is 981 g/mol. The maximum absolute atomic E-state index is 12.4. The summed E-state index contributed by atoms with van der Waals surface area (Å²) in [5.74, 6) is 0.0301. The SMILES string of the molecule is Cc1cnc2c(ccn2CC(=O)NCCCCCN2CCN(CC(O)Cn3c4ccc(Br)cc4c4cc(Br)ccc43)CC2)c1.O=CNCCc1ccc(N2CC3CC[C@H](C2)N3)cc1. The van der Waals surface area contributed by atoms with Crippen LogP contribution in [0.2, 0.25) is 0 Å². The molecule has 12 nitrogen and oxygen atoms in total. The number of rotatable bonds is 17. The van der Waals surface area contributed by atoms with Gasteiger partial charge in [-0.05, 0) is 117 Å². The molecular weight excluding hydrogens is 922 g/mol. The molecule has 0 spiro atoms. The van der Waals surface area contributed by atoms with E-state index in [1.54, 1.807) is 0 Å². The predicted octanol–water partition coefficient (Wildman–Crippen LogP) is 6.86. The van der Waals surface area contributed by atoms with E-state index in [2.05, 4.69) is 139 Å². The van der Waals surface area contributed by atoms with E-state index in [4.69, 9.17) is 0 Å². The molecule has 2 bridgehead atoms. The molecule has 3 aliphatic rings. The molecule has 14 heteroatoms. The van der Waals surface area contributed by atoms with Crippen molar-refractivity contribution in [2.45, 2.75) is 76.7 Å². The van der Waals surface area contributed by atoms with E-state index in [1.807, 2.05) is 30.0 Å². The summed E-state index contributed by atoms with van der Waals surface area (Å²) in [6, 6.07) is 26.9. The van der Waals surface area contributed by atoms with Crippen LogP contribution in [0.4, 0.5) is 5.69 Å². The molecule has 4 N–H and O–H groups in total. The van der Waals surface area contributed by atoms with Gasteiger partial charge >= 0.3 is 0 Å². The number of aliphatic hydroxyl groups excluding tert-OH is 1. The summed E-state index contributed by atoms with van der Waals surface area (Å²) in [7, 11) is 0. The van der Waals surface area contributed by atoms with Crippen molar-refractivity contribution in [2.24, 2.45) is 0 Å². The second-order valence-corrected chi connectivity index (χ2v) is 19.4. The second kappa shape index (κ2) is 21.6. The Hall–Kier alpha value is -4.31. The van der Waals surface area contributed by atoms with Crippen LogP contribution < -0.4 is 20.9 Å². The second-order valence-electron chi connectivity index (χ2n) is 17.5. The summed E-state index contributed by atoms with van der Waals surface area (Å²) < 4.78 is 6.28. The summed E-state index contributed by atoms with van der Waals surface area (Å²) in [6.07, 6.45) is 10.8. The van der Waals surface area contributed by atoms with Crippen LogP contribution in [0.1, 0.15) is 43.2 Å². The smallest absolute Gasteiger partial charge is 0.239 e. The van der Waals surface area contributed by atoms with E-state index in [9.17, 15) is 14.7 Å². The first kappa shape index (κ1) is 45.3. The summed E-state index contributed by atoms with van der Waals surface area (Å²) in [5, 5.41) is 24.0. The van der Waals surface area contributed by atoms with Crippen molar-refractivity contribution in [2.75, 3.05) is 70.3 Å². The number of hydrogen-bond donors (Lipinski definition) is 4. The largest absolute Gasteiger partial charge is 0.390 e. The Kier molecular flexibility index (Phi) is 15.5. The van der Waals surface area contributed by atoms with Crippen LogP contribution in [0, 0.1) is 6.92 Å². The molecule has 6 heterocycles. The topological polar surface area (TPSA) is 123 Å². The number of anilines is 1. The fourth-order valence-electron chi connectivity index (χ4n) is 9.56. The molecule has 3 aliphatic heterocycles. The van der Waals surface area contributed by atoms with E-state index in [-0.39, 0.29) is 5.91 Å². The van der Waals surface area contributed by atoms with Gasteiger partial charge in [0.2, 0.25) is 12.3 Å². The lowest BCUT2D eigenvalue weighted by atomic mass is 10.1. The van der Waals surface area contributed by atoms with E-state index >= 15 is 0 Å². The minimum Gasteiger partial charge on any atom is -0.390 e. The molecule has 3 aromatic carbocycles. The zero-order chi connectivity index (χ0) is 43.7. The number of β-amino-alcohol motifs (C(OH)–C–C–N with tert-alkyl or cyclic N) is 1. The van der Waals surface area contributed by atoms with E-state index in [0.717, 1.165) is 114 Å². The Morgan fingerprint density at radius 1 is 0.857 bits per heavy atom. The van der Waals surface area contributed by atoms with Crippen molar-refractivity contribution >= 4 is 82.7 Å². The first-order chi connectivity index (χ1) is 30.7. The number of piperazine rings is 2. The van der Waals surface area contributed by atoms with Gasteiger partial charge in [-0.25, -0.2) is 4.98 Å². The first-order valence-corrected chi connectivity index (χ1v) is 24.2. The quantitative estimate of drug-likeness (QED) is 0.0579. The number of carbonyl (C=O) groups is 2. The zero-order valence-corrected chi connectivity index (χ0v) is 39.5. The Morgan fingerprint density at radius 2 is 1.54 bits per heavy atom. The van der Waals surface area contributed by atoms with Crippen molar-refractivity contribution in [3.8, 4) is 0 Å². The van der Waals surface area contributed by atoms with Crippen LogP contribution in [-0.4, -0.2) is 125 Å². The fraction of sp³-hybridized carbons (Fsp3) is 0.449. The standard InChI is InChI=1S/C34H40Br2N6O2.C15H21N3O/c1-24-17-25-9-12-41(34(25)38-20-24)23-33(44)37-10-3-2-4-11-39-13-15-40(16-14-39)21-28(43)22-42-31-7-5-26(35)18-29(31)30-19-27(36)6-8-32(30)42;19-11-16-8-7-12-1-5-15(6-2-12)18-9-13-3-4-14(10-18)17-13/h5-9,12,17-20,28,43H,2-4,10-11,13-16,21-23H2,1H3,(H,37,44);1-2,5-6,11,13-14,17H,3-4,7-10H2,(H,16,19)/t;13-,14?/m.1/s1. The highest BCUT2D eigenvalue weighted by atomic mass is 79.9. The molecule has 2 unspecified atom stereocenters. The number of pyridine rings is 1. The number of unbranched alkanes of at least 4 members (excludes halogenated alkanes) is 2. The van der Waals surface area contributed by atoms with Crippen LogP contribution in [-0.2, 0) is 29.1 Å². The number of aliphatic hydroxyl groups is 1. The molecule has 3 fully saturated rings. The maximum atomic E-state index is 12.4. The number of halogens is 2. The molecule has 3 atom stereocenters. The van der Waals surface area contributed by atoms with Gasteiger partial charge in [0.1, 0.15) is 12.2 Å². The molecule has 0 radical (unpaired) electrons.